The second kappa shape index (κ2) is 9.23. The van der Waals surface area contributed by atoms with Crippen molar-refractivity contribution in [1.82, 2.24) is 14.5 Å². The topological polar surface area (TPSA) is 114 Å². The maximum atomic E-state index is 12.8. The van der Waals surface area contributed by atoms with E-state index >= 15 is 0 Å². The van der Waals surface area contributed by atoms with Crippen LogP contribution in [0.4, 0.5) is 0 Å². The number of benzene rings is 2. The number of rotatable bonds is 9. The molecule has 0 amide bonds. The van der Waals surface area contributed by atoms with Crippen molar-refractivity contribution >= 4 is 37.9 Å². The van der Waals surface area contributed by atoms with Crippen LogP contribution < -0.4 is 4.72 Å². The summed E-state index contributed by atoms with van der Waals surface area (Å²) >= 11 is 0. The summed E-state index contributed by atoms with van der Waals surface area (Å²) in [6.07, 6.45) is 4.92. The molecule has 0 aliphatic carbocycles. The van der Waals surface area contributed by atoms with E-state index in [4.69, 9.17) is 4.42 Å². The molecule has 0 unspecified atom stereocenters. The van der Waals surface area contributed by atoms with Crippen LogP contribution in [0.1, 0.15) is 34.1 Å². The Labute approximate surface area is 198 Å². The Hall–Kier alpha value is -3.17. The third-order valence-electron chi connectivity index (χ3n) is 5.87. The first-order valence-electron chi connectivity index (χ1n) is 11.3. The predicted molar refractivity (Wildman–Crippen MR) is 131 cm³/mol. The number of fused-ring (bicyclic) bond motifs is 3. The smallest absolute Gasteiger partial charge is 0.322 e. The molecule has 0 bridgehead atoms. The SMILES string of the molecule is CC(C)CCn1cc(-c2ccc3oc4cc(S(=O)(=O)N[C@H](C(=O)O)C(C)C)ccc4c3c2)cn1. The minimum Gasteiger partial charge on any atom is -0.480 e. The lowest BCUT2D eigenvalue weighted by Crippen LogP contribution is -2.44. The Kier molecular flexibility index (Phi) is 6.51. The molecule has 2 heterocycles. The van der Waals surface area contributed by atoms with Crippen LogP contribution in [0, 0.1) is 11.8 Å². The zero-order valence-corrected chi connectivity index (χ0v) is 20.5. The number of carbonyl (C=O) groups is 1. The molecular weight excluding hydrogens is 454 g/mol. The van der Waals surface area contributed by atoms with Gasteiger partial charge in [-0.3, -0.25) is 9.48 Å². The third kappa shape index (κ3) is 4.85. The Bertz CT molecular complexity index is 1450. The lowest BCUT2D eigenvalue weighted by atomic mass is 10.1. The summed E-state index contributed by atoms with van der Waals surface area (Å²) in [5.74, 6) is -1.02. The number of sulfonamides is 1. The molecule has 0 aliphatic heterocycles. The van der Waals surface area contributed by atoms with E-state index in [1.54, 1.807) is 19.9 Å². The van der Waals surface area contributed by atoms with E-state index in [-0.39, 0.29) is 4.90 Å². The summed E-state index contributed by atoms with van der Waals surface area (Å²) in [4.78, 5) is 11.4. The molecule has 180 valence electrons. The van der Waals surface area contributed by atoms with Crippen molar-refractivity contribution in [3.05, 3.63) is 48.8 Å². The van der Waals surface area contributed by atoms with Crippen LogP contribution >= 0.6 is 0 Å². The van der Waals surface area contributed by atoms with Gasteiger partial charge in [0.2, 0.25) is 10.0 Å². The van der Waals surface area contributed by atoms with Crippen LogP contribution in [0.3, 0.4) is 0 Å². The quantitative estimate of drug-likeness (QED) is 0.351. The van der Waals surface area contributed by atoms with Crippen LogP contribution in [0.25, 0.3) is 33.1 Å². The molecule has 4 aromatic rings. The first kappa shape index (κ1) is 24.0. The van der Waals surface area contributed by atoms with Gasteiger partial charge in [0.05, 0.1) is 11.1 Å². The molecule has 2 aromatic heterocycles. The average molecular weight is 484 g/mol. The van der Waals surface area contributed by atoms with E-state index in [2.05, 4.69) is 23.7 Å². The van der Waals surface area contributed by atoms with Gasteiger partial charge in [-0.1, -0.05) is 33.8 Å². The molecule has 2 aromatic carbocycles. The lowest BCUT2D eigenvalue weighted by molar-refractivity contribution is -0.140. The number of aryl methyl sites for hydroxylation is 1. The molecule has 0 fully saturated rings. The maximum absolute atomic E-state index is 12.8. The normalized spacial score (nSPS) is 13.4. The first-order chi connectivity index (χ1) is 16.0. The molecule has 0 saturated carbocycles. The Morgan fingerprint density at radius 1 is 1.06 bits per heavy atom. The minimum absolute atomic E-state index is 0.0439. The maximum Gasteiger partial charge on any atom is 0.322 e. The van der Waals surface area contributed by atoms with Crippen molar-refractivity contribution in [2.45, 2.75) is 51.6 Å². The molecule has 0 saturated heterocycles. The van der Waals surface area contributed by atoms with Gasteiger partial charge in [0.25, 0.3) is 0 Å². The van der Waals surface area contributed by atoms with Gasteiger partial charge in [0, 0.05) is 35.1 Å². The number of carboxylic acid groups (broad SMARTS) is 1. The second-order valence-corrected chi connectivity index (χ2v) is 11.0. The van der Waals surface area contributed by atoms with E-state index in [1.165, 1.54) is 12.1 Å². The van der Waals surface area contributed by atoms with Gasteiger partial charge in [-0.15, -0.1) is 0 Å². The zero-order chi connectivity index (χ0) is 24.6. The number of hydrogen-bond donors (Lipinski definition) is 2. The second-order valence-electron chi connectivity index (χ2n) is 9.33. The lowest BCUT2D eigenvalue weighted by Gasteiger charge is -2.17. The molecule has 2 N–H and O–H groups in total. The average Bonchev–Trinajstić information content (AvgIpc) is 3.39. The number of carboxylic acids is 1. The van der Waals surface area contributed by atoms with Crippen LogP contribution in [0.15, 0.2) is 58.1 Å². The highest BCUT2D eigenvalue weighted by Gasteiger charge is 2.28. The van der Waals surface area contributed by atoms with E-state index in [0.29, 0.717) is 17.1 Å². The van der Waals surface area contributed by atoms with E-state index < -0.39 is 28.0 Å². The molecule has 0 spiro atoms. The third-order valence-corrected chi connectivity index (χ3v) is 7.31. The van der Waals surface area contributed by atoms with Crippen molar-refractivity contribution in [2.75, 3.05) is 0 Å². The number of nitrogens with one attached hydrogen (secondary N) is 1. The van der Waals surface area contributed by atoms with Crippen molar-refractivity contribution < 1.29 is 22.7 Å². The molecule has 0 radical (unpaired) electrons. The van der Waals surface area contributed by atoms with Crippen LogP contribution in [-0.4, -0.2) is 35.3 Å². The fraction of sp³-hybridized carbons (Fsp3) is 0.360. The molecular formula is C25H29N3O5S. The Morgan fingerprint density at radius 2 is 1.82 bits per heavy atom. The van der Waals surface area contributed by atoms with E-state index in [1.807, 2.05) is 35.3 Å². The van der Waals surface area contributed by atoms with Gasteiger partial charge in [0.1, 0.15) is 17.2 Å². The van der Waals surface area contributed by atoms with Crippen molar-refractivity contribution in [3.8, 4) is 11.1 Å². The van der Waals surface area contributed by atoms with Gasteiger partial charge in [-0.05, 0) is 48.1 Å². The Morgan fingerprint density at radius 3 is 2.50 bits per heavy atom. The van der Waals surface area contributed by atoms with E-state index in [0.717, 1.165) is 34.9 Å². The minimum atomic E-state index is -4.04. The summed E-state index contributed by atoms with van der Waals surface area (Å²) in [5.41, 5.74) is 3.04. The highest BCUT2D eigenvalue weighted by Crippen LogP contribution is 2.33. The number of hydrogen-bond acceptors (Lipinski definition) is 5. The summed E-state index contributed by atoms with van der Waals surface area (Å²) in [6.45, 7) is 8.53. The van der Waals surface area contributed by atoms with Crippen LogP contribution in [0.5, 0.6) is 0 Å². The van der Waals surface area contributed by atoms with Gasteiger partial charge in [0.15, 0.2) is 0 Å². The van der Waals surface area contributed by atoms with Crippen LogP contribution in [-0.2, 0) is 21.4 Å². The molecule has 0 aliphatic rings. The fourth-order valence-electron chi connectivity index (χ4n) is 3.84. The number of aromatic nitrogens is 2. The summed E-state index contributed by atoms with van der Waals surface area (Å²) in [7, 11) is -4.04. The standard InChI is InChI=1S/C25H29N3O5S/c1-15(2)9-10-28-14-18(13-26-28)17-5-8-22-21(11-17)20-7-6-19(12-23(20)33-22)34(31,32)27-24(16(3)4)25(29)30/h5-8,11-16,24,27H,9-10H2,1-4H3,(H,29,30)/t24-/m0/s1. The highest BCUT2D eigenvalue weighted by atomic mass is 32.2. The van der Waals surface area contributed by atoms with E-state index in [9.17, 15) is 18.3 Å². The summed E-state index contributed by atoms with van der Waals surface area (Å²) in [5, 5.41) is 15.4. The first-order valence-corrected chi connectivity index (χ1v) is 12.8. The van der Waals surface area contributed by atoms with Crippen molar-refractivity contribution in [3.63, 3.8) is 0 Å². The predicted octanol–water partition coefficient (Wildman–Crippen LogP) is 4.88. The molecule has 4 rings (SSSR count). The van der Waals surface area contributed by atoms with Gasteiger partial charge < -0.3 is 9.52 Å². The molecule has 34 heavy (non-hydrogen) atoms. The van der Waals surface area contributed by atoms with Gasteiger partial charge in [-0.25, -0.2) is 8.42 Å². The monoisotopic (exact) mass is 483 g/mol. The number of furan rings is 1. The highest BCUT2D eigenvalue weighted by molar-refractivity contribution is 7.89. The summed E-state index contributed by atoms with van der Waals surface area (Å²) in [6, 6.07) is 9.19. The number of aliphatic carboxylic acids is 1. The van der Waals surface area contributed by atoms with Crippen molar-refractivity contribution in [1.29, 1.82) is 0 Å². The molecule has 1 atom stereocenters. The zero-order valence-electron chi connectivity index (χ0n) is 19.6. The van der Waals surface area contributed by atoms with Gasteiger partial charge >= 0.3 is 5.97 Å². The molecule has 8 nitrogen and oxygen atoms in total. The Balaban J connectivity index is 1.66. The number of nitrogens with zero attached hydrogens (tertiary/aromatic N) is 2. The fourth-order valence-corrected chi connectivity index (χ4v) is 5.19. The largest absolute Gasteiger partial charge is 0.480 e. The van der Waals surface area contributed by atoms with Gasteiger partial charge in [-0.2, -0.15) is 9.82 Å². The van der Waals surface area contributed by atoms with Crippen molar-refractivity contribution in [2.24, 2.45) is 11.8 Å². The molecule has 9 heteroatoms. The summed E-state index contributed by atoms with van der Waals surface area (Å²) < 4.78 is 35.8. The van der Waals surface area contributed by atoms with Crippen LogP contribution in [0.2, 0.25) is 0 Å².